The summed E-state index contributed by atoms with van der Waals surface area (Å²) in [7, 11) is 1.71. The second-order valence-electron chi connectivity index (χ2n) is 5.66. The quantitative estimate of drug-likeness (QED) is 0.417. The molecule has 1 aliphatic heterocycles. The molecule has 0 bridgehead atoms. The SMILES string of the molecule is CN=C(NCCNC(=O)c1ccco1)NCC1Cc2ccccc2O1. The first-order valence-corrected chi connectivity index (χ1v) is 8.27. The normalized spacial score (nSPS) is 16.0. The van der Waals surface area contributed by atoms with E-state index in [1.165, 1.54) is 11.8 Å². The summed E-state index contributed by atoms with van der Waals surface area (Å²) in [5.41, 5.74) is 1.23. The molecule has 3 rings (SSSR count). The average Bonchev–Trinajstić information content (AvgIpc) is 3.30. The fourth-order valence-electron chi connectivity index (χ4n) is 2.65. The van der Waals surface area contributed by atoms with Crippen molar-refractivity contribution in [3.8, 4) is 5.75 Å². The molecule has 1 aliphatic rings. The van der Waals surface area contributed by atoms with Crippen LogP contribution in [0.1, 0.15) is 16.1 Å². The van der Waals surface area contributed by atoms with Crippen LogP contribution in [-0.4, -0.2) is 44.7 Å². The number of guanidine groups is 1. The predicted octanol–water partition coefficient (Wildman–Crippen LogP) is 1.18. The van der Waals surface area contributed by atoms with Gasteiger partial charge in [-0.2, -0.15) is 0 Å². The molecule has 2 heterocycles. The number of para-hydroxylation sites is 1. The number of ether oxygens (including phenoxy) is 1. The van der Waals surface area contributed by atoms with Gasteiger partial charge in [0.2, 0.25) is 0 Å². The zero-order valence-electron chi connectivity index (χ0n) is 14.1. The molecular weight excluding hydrogens is 320 g/mol. The van der Waals surface area contributed by atoms with Crippen LogP contribution >= 0.6 is 0 Å². The third-order valence-corrected chi connectivity index (χ3v) is 3.88. The fraction of sp³-hybridized carbons (Fsp3) is 0.333. The van der Waals surface area contributed by atoms with Crippen molar-refractivity contribution in [3.63, 3.8) is 0 Å². The third kappa shape index (κ3) is 4.53. The van der Waals surface area contributed by atoms with Crippen LogP contribution in [0.5, 0.6) is 5.75 Å². The van der Waals surface area contributed by atoms with E-state index >= 15 is 0 Å². The van der Waals surface area contributed by atoms with Gasteiger partial charge in [-0.25, -0.2) is 0 Å². The molecule has 2 aromatic rings. The molecule has 1 amide bonds. The van der Waals surface area contributed by atoms with Gasteiger partial charge in [0, 0.05) is 26.6 Å². The van der Waals surface area contributed by atoms with Gasteiger partial charge in [-0.15, -0.1) is 0 Å². The predicted molar refractivity (Wildman–Crippen MR) is 95.0 cm³/mol. The van der Waals surface area contributed by atoms with Crippen molar-refractivity contribution in [1.82, 2.24) is 16.0 Å². The molecule has 0 saturated heterocycles. The maximum absolute atomic E-state index is 11.7. The summed E-state index contributed by atoms with van der Waals surface area (Å²) in [5, 5.41) is 9.17. The molecule has 0 spiro atoms. The number of furan rings is 1. The van der Waals surface area contributed by atoms with Crippen LogP contribution in [0.3, 0.4) is 0 Å². The summed E-state index contributed by atoms with van der Waals surface area (Å²) in [6.07, 6.45) is 2.46. The summed E-state index contributed by atoms with van der Waals surface area (Å²) in [6.45, 7) is 1.68. The molecule has 1 unspecified atom stereocenters. The van der Waals surface area contributed by atoms with Gasteiger partial charge in [0.05, 0.1) is 12.8 Å². The van der Waals surface area contributed by atoms with E-state index in [0.29, 0.717) is 31.4 Å². The Morgan fingerprint density at radius 1 is 1.16 bits per heavy atom. The van der Waals surface area contributed by atoms with Gasteiger partial charge in [0.1, 0.15) is 11.9 Å². The Kier molecular flexibility index (Phi) is 5.56. The highest BCUT2D eigenvalue weighted by atomic mass is 16.5. The second kappa shape index (κ2) is 8.23. The number of benzene rings is 1. The number of aliphatic imine (C=N–C) groups is 1. The highest BCUT2D eigenvalue weighted by molar-refractivity contribution is 5.91. The van der Waals surface area contributed by atoms with Crippen molar-refractivity contribution in [1.29, 1.82) is 0 Å². The van der Waals surface area contributed by atoms with Gasteiger partial charge in [0.15, 0.2) is 11.7 Å². The fourth-order valence-corrected chi connectivity index (χ4v) is 2.65. The molecule has 7 nitrogen and oxygen atoms in total. The van der Waals surface area contributed by atoms with Crippen LogP contribution in [0, 0.1) is 0 Å². The minimum absolute atomic E-state index is 0.0922. The van der Waals surface area contributed by atoms with Crippen LogP contribution in [0.4, 0.5) is 0 Å². The lowest BCUT2D eigenvalue weighted by Gasteiger charge is -2.15. The number of fused-ring (bicyclic) bond motifs is 1. The standard InChI is InChI=1S/C18H22N4O3/c1-19-18(21-9-8-20-17(23)16-7-4-10-24-16)22-12-14-11-13-5-2-3-6-15(13)25-14/h2-7,10,14H,8-9,11-12H2,1H3,(H,20,23)(H2,19,21,22). The lowest BCUT2D eigenvalue weighted by Crippen LogP contribution is -2.44. The topological polar surface area (TPSA) is 87.9 Å². The van der Waals surface area contributed by atoms with E-state index in [4.69, 9.17) is 9.15 Å². The highest BCUT2D eigenvalue weighted by Crippen LogP contribution is 2.27. The smallest absolute Gasteiger partial charge is 0.287 e. The number of nitrogens with one attached hydrogen (secondary N) is 3. The number of carbonyl (C=O) groups excluding carboxylic acids is 1. The second-order valence-corrected chi connectivity index (χ2v) is 5.66. The van der Waals surface area contributed by atoms with Crippen molar-refractivity contribution < 1.29 is 13.9 Å². The van der Waals surface area contributed by atoms with E-state index in [-0.39, 0.29) is 12.0 Å². The van der Waals surface area contributed by atoms with Crippen LogP contribution in [-0.2, 0) is 6.42 Å². The monoisotopic (exact) mass is 342 g/mol. The lowest BCUT2D eigenvalue weighted by atomic mass is 10.1. The lowest BCUT2D eigenvalue weighted by molar-refractivity contribution is 0.0926. The summed E-state index contributed by atoms with van der Waals surface area (Å²) < 4.78 is 10.9. The Labute approximate surface area is 146 Å². The Morgan fingerprint density at radius 3 is 2.76 bits per heavy atom. The molecule has 3 N–H and O–H groups in total. The average molecular weight is 342 g/mol. The van der Waals surface area contributed by atoms with E-state index < -0.39 is 0 Å². The summed E-state index contributed by atoms with van der Waals surface area (Å²) >= 11 is 0. The van der Waals surface area contributed by atoms with Crippen molar-refractivity contribution in [2.24, 2.45) is 4.99 Å². The summed E-state index contributed by atoms with van der Waals surface area (Å²) in [6, 6.07) is 11.4. The van der Waals surface area contributed by atoms with E-state index in [1.54, 1.807) is 19.2 Å². The van der Waals surface area contributed by atoms with Gasteiger partial charge in [0.25, 0.3) is 5.91 Å². The Balaban J connectivity index is 1.34. The molecule has 0 radical (unpaired) electrons. The van der Waals surface area contributed by atoms with E-state index in [9.17, 15) is 4.79 Å². The molecule has 7 heteroatoms. The minimum atomic E-state index is -0.230. The van der Waals surface area contributed by atoms with Gasteiger partial charge in [-0.3, -0.25) is 9.79 Å². The number of amides is 1. The van der Waals surface area contributed by atoms with Gasteiger partial charge < -0.3 is 25.1 Å². The maximum Gasteiger partial charge on any atom is 0.287 e. The van der Waals surface area contributed by atoms with Gasteiger partial charge in [-0.05, 0) is 23.8 Å². The molecule has 0 aliphatic carbocycles. The van der Waals surface area contributed by atoms with E-state index in [0.717, 1.165) is 12.2 Å². The van der Waals surface area contributed by atoms with Crippen molar-refractivity contribution >= 4 is 11.9 Å². The first kappa shape index (κ1) is 16.9. The van der Waals surface area contributed by atoms with Crippen LogP contribution in [0.25, 0.3) is 0 Å². The van der Waals surface area contributed by atoms with Crippen LogP contribution < -0.4 is 20.7 Å². The minimum Gasteiger partial charge on any atom is -0.488 e. The number of rotatable bonds is 6. The van der Waals surface area contributed by atoms with E-state index in [1.807, 2.05) is 18.2 Å². The largest absolute Gasteiger partial charge is 0.488 e. The number of hydrogen-bond donors (Lipinski definition) is 3. The highest BCUT2D eigenvalue weighted by Gasteiger charge is 2.22. The molecule has 1 aromatic carbocycles. The van der Waals surface area contributed by atoms with E-state index in [2.05, 4.69) is 27.0 Å². The molecular formula is C18H22N4O3. The zero-order chi connectivity index (χ0) is 17.5. The summed E-state index contributed by atoms with van der Waals surface area (Å²) in [4.78, 5) is 15.9. The molecule has 0 saturated carbocycles. The molecule has 1 atom stereocenters. The molecule has 132 valence electrons. The molecule has 25 heavy (non-hydrogen) atoms. The third-order valence-electron chi connectivity index (χ3n) is 3.88. The van der Waals surface area contributed by atoms with Gasteiger partial charge >= 0.3 is 0 Å². The Morgan fingerprint density at radius 2 is 2.00 bits per heavy atom. The van der Waals surface area contributed by atoms with Crippen molar-refractivity contribution in [2.45, 2.75) is 12.5 Å². The Bertz CT molecular complexity index is 703. The zero-order valence-corrected chi connectivity index (χ0v) is 14.1. The number of hydrogen-bond acceptors (Lipinski definition) is 4. The summed E-state index contributed by atoms with van der Waals surface area (Å²) in [5.74, 6) is 1.71. The maximum atomic E-state index is 11.7. The van der Waals surface area contributed by atoms with Crippen molar-refractivity contribution in [3.05, 3.63) is 54.0 Å². The van der Waals surface area contributed by atoms with Gasteiger partial charge in [-0.1, -0.05) is 18.2 Å². The first-order chi connectivity index (χ1) is 12.3. The molecule has 1 aromatic heterocycles. The van der Waals surface area contributed by atoms with Crippen LogP contribution in [0.2, 0.25) is 0 Å². The van der Waals surface area contributed by atoms with Crippen molar-refractivity contribution in [2.75, 3.05) is 26.7 Å². The number of nitrogens with zero attached hydrogens (tertiary/aromatic N) is 1. The number of carbonyl (C=O) groups is 1. The Hall–Kier alpha value is -2.96. The first-order valence-electron chi connectivity index (χ1n) is 8.27. The van der Waals surface area contributed by atoms with Crippen LogP contribution in [0.15, 0.2) is 52.1 Å². The molecule has 0 fully saturated rings.